The van der Waals surface area contributed by atoms with Gasteiger partial charge in [0.25, 0.3) is 5.91 Å². The smallest absolute Gasteiger partial charge is 0.253 e. The van der Waals surface area contributed by atoms with Crippen molar-refractivity contribution < 1.29 is 44.9 Å². The normalized spacial score (nSPS) is 22.8. The second-order valence-electron chi connectivity index (χ2n) is 15.1. The number of nitrogens with one attached hydrogen (secondary N) is 1. The molecule has 8 atom stereocenters. The van der Waals surface area contributed by atoms with Crippen LogP contribution < -0.4 is 5.32 Å². The molecule has 1 aliphatic rings. The van der Waals surface area contributed by atoms with Gasteiger partial charge in [-0.15, -0.1) is 0 Å². The number of allylic oxidation sites excluding steroid dienone is 4. The zero-order valence-electron chi connectivity index (χ0n) is 33.6. The van der Waals surface area contributed by atoms with Crippen LogP contribution in [0, 0.1) is 0 Å². The number of rotatable bonds is 33. The van der Waals surface area contributed by atoms with Gasteiger partial charge in [-0.2, -0.15) is 0 Å². The predicted octanol–water partition coefficient (Wildman–Crippen LogP) is 7.08. The molecular formula is C43H79NO9. The Balaban J connectivity index is 2.59. The molecule has 0 bridgehead atoms. The summed E-state index contributed by atoms with van der Waals surface area (Å²) in [6.07, 6.45) is 26.3. The third-order valence-corrected chi connectivity index (χ3v) is 10.2. The van der Waals surface area contributed by atoms with Crippen LogP contribution in [-0.4, -0.2) is 98.7 Å². The van der Waals surface area contributed by atoms with E-state index in [4.69, 9.17) is 9.47 Å². The fourth-order valence-corrected chi connectivity index (χ4v) is 6.57. The number of hydrogen-bond donors (Lipinski definition) is 7. The van der Waals surface area contributed by atoms with Gasteiger partial charge in [-0.3, -0.25) is 4.79 Å². The number of unbranched alkanes of at least 4 members (excludes halogenated alkanes) is 19. The quantitative estimate of drug-likeness (QED) is 0.0274. The molecule has 0 aromatic heterocycles. The van der Waals surface area contributed by atoms with Gasteiger partial charge >= 0.3 is 0 Å². The number of ether oxygens (including phenoxy) is 2. The maximum Gasteiger partial charge on any atom is 0.253 e. The lowest BCUT2D eigenvalue weighted by Crippen LogP contribution is -2.60. The van der Waals surface area contributed by atoms with Crippen LogP contribution in [-0.2, 0) is 14.3 Å². The van der Waals surface area contributed by atoms with E-state index in [0.717, 1.165) is 32.1 Å². The number of hydrogen-bond acceptors (Lipinski definition) is 9. The Bertz CT molecular complexity index is 971. The SMILES string of the molecule is CCCCCCCCCCCCCC/C=C/[C@@H](O)C(=O)N[C@@H](CO[C@@H]1O[C@H](CO)[C@@H](O)[C@H](O)[C@H]1O)[C@H](O)/C=C/CC/C=C(\C)CCCCCCCCC. The second kappa shape index (κ2) is 32.6. The van der Waals surface area contributed by atoms with Gasteiger partial charge in [-0.25, -0.2) is 0 Å². The summed E-state index contributed by atoms with van der Waals surface area (Å²) < 4.78 is 11.1. The third-order valence-electron chi connectivity index (χ3n) is 10.2. The molecule has 7 N–H and O–H groups in total. The molecular weight excluding hydrogens is 674 g/mol. The first-order valence-electron chi connectivity index (χ1n) is 21.2. The van der Waals surface area contributed by atoms with Gasteiger partial charge in [-0.05, 0) is 45.4 Å². The number of aliphatic hydroxyl groups is 6. The Morgan fingerprint density at radius 3 is 1.79 bits per heavy atom. The largest absolute Gasteiger partial charge is 0.394 e. The van der Waals surface area contributed by atoms with Gasteiger partial charge in [0, 0.05) is 0 Å². The minimum atomic E-state index is -1.62. The lowest BCUT2D eigenvalue weighted by Gasteiger charge is -2.40. The highest BCUT2D eigenvalue weighted by atomic mass is 16.7. The van der Waals surface area contributed by atoms with Gasteiger partial charge in [0.2, 0.25) is 0 Å². The van der Waals surface area contributed by atoms with E-state index in [0.29, 0.717) is 6.42 Å². The Morgan fingerprint density at radius 2 is 1.23 bits per heavy atom. The summed E-state index contributed by atoms with van der Waals surface area (Å²) in [5.74, 6) is -0.713. The summed E-state index contributed by atoms with van der Waals surface area (Å²) >= 11 is 0. The highest BCUT2D eigenvalue weighted by Gasteiger charge is 2.44. The summed E-state index contributed by atoms with van der Waals surface area (Å²) in [7, 11) is 0. The van der Waals surface area contributed by atoms with Crippen molar-refractivity contribution in [2.45, 2.75) is 217 Å². The summed E-state index contributed by atoms with van der Waals surface area (Å²) in [5.41, 5.74) is 1.35. The monoisotopic (exact) mass is 754 g/mol. The van der Waals surface area contributed by atoms with Crippen LogP contribution in [0.1, 0.15) is 168 Å². The predicted molar refractivity (Wildman–Crippen MR) is 213 cm³/mol. The summed E-state index contributed by atoms with van der Waals surface area (Å²) in [6.45, 7) is 5.67. The molecule has 10 nitrogen and oxygen atoms in total. The van der Waals surface area contributed by atoms with E-state index < -0.39 is 61.5 Å². The van der Waals surface area contributed by atoms with Gasteiger partial charge in [-0.1, -0.05) is 159 Å². The number of aliphatic hydroxyl groups excluding tert-OH is 6. The van der Waals surface area contributed by atoms with Crippen LogP contribution in [0.4, 0.5) is 0 Å². The molecule has 0 aromatic rings. The average molecular weight is 754 g/mol. The Hall–Kier alpha value is -1.63. The summed E-state index contributed by atoms with van der Waals surface area (Å²) in [4.78, 5) is 13.0. The fourth-order valence-electron chi connectivity index (χ4n) is 6.57. The van der Waals surface area contributed by atoms with Crippen molar-refractivity contribution in [2.24, 2.45) is 0 Å². The standard InChI is InChI=1S/C43H79NO9/c1-4-6-8-10-12-13-14-15-16-17-18-20-22-26-31-37(47)42(51)44-35(33-52-43-41(50)40(49)39(48)38(32-45)53-43)36(46)30-27-23-25-29-34(3)28-24-21-19-11-9-7-5-2/h26-27,29-31,35-41,43,45-50H,4-25,28,32-33H2,1-3H3,(H,44,51)/b30-27+,31-26+,34-29+/t35-,36+,37+,38+,39+,40-,41+,43+/m0/s1. The van der Waals surface area contributed by atoms with Crippen molar-refractivity contribution in [2.75, 3.05) is 13.2 Å². The zero-order chi connectivity index (χ0) is 39.1. The Labute approximate surface area is 322 Å². The number of amides is 1. The first kappa shape index (κ1) is 49.4. The minimum absolute atomic E-state index is 0.341. The molecule has 1 rings (SSSR count). The van der Waals surface area contributed by atoms with Crippen molar-refractivity contribution in [1.29, 1.82) is 0 Å². The van der Waals surface area contributed by atoms with Gasteiger partial charge in [0.1, 0.15) is 24.4 Å². The van der Waals surface area contributed by atoms with Crippen molar-refractivity contribution in [3.05, 3.63) is 36.0 Å². The fraction of sp³-hybridized carbons (Fsp3) is 0.837. The maximum absolute atomic E-state index is 13.0. The van der Waals surface area contributed by atoms with Crippen molar-refractivity contribution in [3.8, 4) is 0 Å². The highest BCUT2D eigenvalue weighted by Crippen LogP contribution is 2.22. The lowest BCUT2D eigenvalue weighted by molar-refractivity contribution is -0.302. The van der Waals surface area contributed by atoms with Gasteiger partial charge in [0.15, 0.2) is 12.4 Å². The van der Waals surface area contributed by atoms with E-state index in [1.165, 1.54) is 121 Å². The van der Waals surface area contributed by atoms with Crippen LogP contribution in [0.3, 0.4) is 0 Å². The maximum atomic E-state index is 13.0. The Morgan fingerprint density at radius 1 is 0.698 bits per heavy atom. The lowest BCUT2D eigenvalue weighted by atomic mass is 9.99. The van der Waals surface area contributed by atoms with Crippen LogP contribution in [0.5, 0.6) is 0 Å². The molecule has 53 heavy (non-hydrogen) atoms. The van der Waals surface area contributed by atoms with Crippen LogP contribution in [0.15, 0.2) is 36.0 Å². The van der Waals surface area contributed by atoms with Crippen LogP contribution in [0.2, 0.25) is 0 Å². The minimum Gasteiger partial charge on any atom is -0.394 e. The molecule has 1 aliphatic heterocycles. The molecule has 0 unspecified atom stereocenters. The molecule has 1 fully saturated rings. The van der Waals surface area contributed by atoms with Crippen molar-refractivity contribution >= 4 is 5.91 Å². The highest BCUT2D eigenvalue weighted by molar-refractivity contribution is 5.82. The first-order valence-corrected chi connectivity index (χ1v) is 21.2. The summed E-state index contributed by atoms with van der Waals surface area (Å²) in [5, 5.41) is 64.4. The van der Waals surface area contributed by atoms with Crippen molar-refractivity contribution in [1.82, 2.24) is 5.32 Å². The Kier molecular flexibility index (Phi) is 30.4. The molecule has 0 aromatic carbocycles. The van der Waals surface area contributed by atoms with E-state index >= 15 is 0 Å². The average Bonchev–Trinajstić information content (AvgIpc) is 3.15. The molecule has 10 heteroatoms. The number of carbonyl (C=O) groups excluding carboxylic acids is 1. The van der Waals surface area contributed by atoms with E-state index in [2.05, 4.69) is 32.2 Å². The molecule has 0 spiro atoms. The van der Waals surface area contributed by atoms with E-state index in [-0.39, 0.29) is 6.61 Å². The summed E-state index contributed by atoms with van der Waals surface area (Å²) in [6, 6.07) is -1.03. The molecule has 1 amide bonds. The van der Waals surface area contributed by atoms with E-state index in [1.54, 1.807) is 12.2 Å². The van der Waals surface area contributed by atoms with Gasteiger partial charge < -0.3 is 45.4 Å². The second-order valence-corrected chi connectivity index (χ2v) is 15.1. The van der Waals surface area contributed by atoms with E-state index in [9.17, 15) is 35.4 Å². The van der Waals surface area contributed by atoms with E-state index in [1.807, 2.05) is 6.08 Å². The molecule has 0 saturated carbocycles. The molecule has 0 aliphatic carbocycles. The molecule has 1 heterocycles. The number of carbonyl (C=O) groups is 1. The first-order chi connectivity index (χ1) is 25.7. The topological polar surface area (TPSA) is 169 Å². The molecule has 310 valence electrons. The van der Waals surface area contributed by atoms with Crippen molar-refractivity contribution in [3.63, 3.8) is 0 Å². The van der Waals surface area contributed by atoms with Crippen LogP contribution in [0.25, 0.3) is 0 Å². The van der Waals surface area contributed by atoms with Gasteiger partial charge in [0.05, 0.1) is 25.4 Å². The zero-order valence-corrected chi connectivity index (χ0v) is 33.6. The molecule has 1 saturated heterocycles. The molecule has 0 radical (unpaired) electrons. The third kappa shape index (κ3) is 23.8. The van der Waals surface area contributed by atoms with Crippen LogP contribution >= 0.6 is 0 Å².